The number of rotatable bonds is 3. The summed E-state index contributed by atoms with van der Waals surface area (Å²) in [6, 6.07) is 9.89. The summed E-state index contributed by atoms with van der Waals surface area (Å²) in [5, 5.41) is 2.71. The van der Waals surface area contributed by atoms with Crippen LogP contribution in [0.25, 0.3) is 0 Å². The van der Waals surface area contributed by atoms with Gasteiger partial charge in [0.2, 0.25) is 5.95 Å². The zero-order valence-electron chi connectivity index (χ0n) is 11.1. The van der Waals surface area contributed by atoms with Gasteiger partial charge < -0.3 is 14.8 Å². The van der Waals surface area contributed by atoms with Crippen LogP contribution in [0.2, 0.25) is 0 Å². The van der Waals surface area contributed by atoms with Crippen LogP contribution in [0.3, 0.4) is 0 Å². The van der Waals surface area contributed by atoms with E-state index in [4.69, 9.17) is 9.47 Å². The Labute approximate surface area is 120 Å². The van der Waals surface area contributed by atoms with E-state index in [1.54, 1.807) is 0 Å². The number of hydrogen-bond acceptors (Lipinski definition) is 4. The molecule has 0 fully saturated rings. The second kappa shape index (κ2) is 5.78. The second-order valence-electron chi connectivity index (χ2n) is 4.58. The van der Waals surface area contributed by atoms with Crippen LogP contribution in [0.4, 0.5) is 4.39 Å². The summed E-state index contributed by atoms with van der Waals surface area (Å²) in [5.41, 5.74) is 0.300. The van der Waals surface area contributed by atoms with Crippen molar-refractivity contribution in [3.05, 3.63) is 54.1 Å². The maximum atomic E-state index is 12.7. The van der Waals surface area contributed by atoms with Gasteiger partial charge in [-0.1, -0.05) is 12.1 Å². The first-order valence-corrected chi connectivity index (χ1v) is 6.50. The van der Waals surface area contributed by atoms with Crippen LogP contribution in [-0.4, -0.2) is 30.1 Å². The van der Waals surface area contributed by atoms with E-state index in [1.165, 1.54) is 12.3 Å². The third kappa shape index (κ3) is 3.10. The predicted molar refractivity (Wildman–Crippen MR) is 72.9 cm³/mol. The van der Waals surface area contributed by atoms with Crippen LogP contribution in [0, 0.1) is 5.95 Å². The van der Waals surface area contributed by atoms with Crippen LogP contribution < -0.4 is 14.8 Å². The van der Waals surface area contributed by atoms with E-state index < -0.39 is 5.95 Å². The third-order valence-electron chi connectivity index (χ3n) is 3.05. The molecule has 0 radical (unpaired) electrons. The Morgan fingerprint density at radius 1 is 1.29 bits per heavy atom. The number of aromatic nitrogens is 1. The van der Waals surface area contributed by atoms with Crippen molar-refractivity contribution in [2.75, 3.05) is 13.2 Å². The molecule has 108 valence electrons. The summed E-state index contributed by atoms with van der Waals surface area (Å²) in [5.74, 6) is 0.409. The number of nitrogens with zero attached hydrogens (tertiary/aromatic N) is 1. The first-order valence-electron chi connectivity index (χ1n) is 6.50. The van der Waals surface area contributed by atoms with Crippen molar-refractivity contribution >= 4 is 5.91 Å². The van der Waals surface area contributed by atoms with Crippen molar-refractivity contribution in [2.24, 2.45) is 0 Å². The molecule has 1 aliphatic rings. The molecule has 0 bridgehead atoms. The Balaban J connectivity index is 1.56. The van der Waals surface area contributed by atoms with Gasteiger partial charge in [-0.15, -0.1) is 0 Å². The molecule has 1 N–H and O–H groups in total. The Kier molecular flexibility index (Phi) is 3.68. The minimum absolute atomic E-state index is 0.266. The van der Waals surface area contributed by atoms with Crippen LogP contribution in [0.1, 0.15) is 10.4 Å². The average Bonchev–Trinajstić information content (AvgIpc) is 2.53. The van der Waals surface area contributed by atoms with Gasteiger partial charge in [-0.3, -0.25) is 4.79 Å². The monoisotopic (exact) mass is 288 g/mol. The first-order chi connectivity index (χ1) is 10.2. The van der Waals surface area contributed by atoms with E-state index in [-0.39, 0.29) is 12.0 Å². The van der Waals surface area contributed by atoms with Crippen LogP contribution >= 0.6 is 0 Å². The van der Waals surface area contributed by atoms with E-state index in [0.717, 1.165) is 6.07 Å². The van der Waals surface area contributed by atoms with E-state index >= 15 is 0 Å². The number of carbonyl (C=O) groups excluding carboxylic acids is 1. The molecular weight excluding hydrogens is 275 g/mol. The number of carbonyl (C=O) groups is 1. The molecule has 0 saturated carbocycles. The SMILES string of the molecule is O=C(NCC1COc2ccccc2O1)c1ccc(F)nc1. The molecule has 1 atom stereocenters. The standard InChI is InChI=1S/C15H13FN2O3/c16-14-6-5-10(7-17-14)15(19)18-8-11-9-20-12-3-1-2-4-13(12)21-11/h1-7,11H,8-9H2,(H,18,19). The highest BCUT2D eigenvalue weighted by atomic mass is 19.1. The smallest absolute Gasteiger partial charge is 0.252 e. The largest absolute Gasteiger partial charge is 0.486 e. The normalized spacial score (nSPS) is 16.3. The lowest BCUT2D eigenvalue weighted by atomic mass is 10.2. The molecule has 2 aromatic rings. The van der Waals surface area contributed by atoms with Gasteiger partial charge in [-0.2, -0.15) is 4.39 Å². The molecule has 1 amide bonds. The Bertz CT molecular complexity index is 646. The molecule has 3 rings (SSSR count). The molecule has 2 heterocycles. The molecule has 0 saturated heterocycles. The summed E-state index contributed by atoms with van der Waals surface area (Å²) in [6.07, 6.45) is 0.926. The molecule has 0 aliphatic carbocycles. The van der Waals surface area contributed by atoms with Crippen molar-refractivity contribution in [2.45, 2.75) is 6.10 Å². The number of hydrogen-bond donors (Lipinski definition) is 1. The highest BCUT2D eigenvalue weighted by molar-refractivity contribution is 5.93. The minimum atomic E-state index is -0.618. The Morgan fingerprint density at radius 2 is 2.10 bits per heavy atom. The fourth-order valence-corrected chi connectivity index (χ4v) is 1.98. The first kappa shape index (κ1) is 13.4. The van der Waals surface area contributed by atoms with Crippen LogP contribution in [-0.2, 0) is 0 Å². The predicted octanol–water partition coefficient (Wildman–Crippen LogP) is 1.79. The topological polar surface area (TPSA) is 60.5 Å². The molecule has 1 aromatic heterocycles. The summed E-state index contributed by atoms with van der Waals surface area (Å²) in [4.78, 5) is 15.3. The Morgan fingerprint density at radius 3 is 2.86 bits per heavy atom. The van der Waals surface area contributed by atoms with Crippen molar-refractivity contribution in [3.8, 4) is 11.5 Å². The van der Waals surface area contributed by atoms with Crippen molar-refractivity contribution < 1.29 is 18.7 Å². The van der Waals surface area contributed by atoms with Gasteiger partial charge in [0.15, 0.2) is 11.5 Å². The van der Waals surface area contributed by atoms with E-state index in [0.29, 0.717) is 30.2 Å². The molecule has 6 heteroatoms. The third-order valence-corrected chi connectivity index (χ3v) is 3.05. The van der Waals surface area contributed by atoms with Crippen molar-refractivity contribution in [1.29, 1.82) is 0 Å². The molecular formula is C15H13FN2O3. The lowest BCUT2D eigenvalue weighted by molar-refractivity contribution is 0.0789. The highest BCUT2D eigenvalue weighted by Crippen LogP contribution is 2.30. The van der Waals surface area contributed by atoms with Gasteiger partial charge in [-0.05, 0) is 24.3 Å². The van der Waals surface area contributed by atoms with E-state index in [2.05, 4.69) is 10.3 Å². The lowest BCUT2D eigenvalue weighted by Gasteiger charge is -2.26. The number of pyridine rings is 1. The number of fused-ring (bicyclic) bond motifs is 1. The van der Waals surface area contributed by atoms with Crippen LogP contribution in [0.15, 0.2) is 42.6 Å². The summed E-state index contributed by atoms with van der Waals surface area (Å²) in [7, 11) is 0. The maximum absolute atomic E-state index is 12.7. The quantitative estimate of drug-likeness (QED) is 0.875. The van der Waals surface area contributed by atoms with Gasteiger partial charge in [-0.25, -0.2) is 4.98 Å². The average molecular weight is 288 g/mol. The van der Waals surface area contributed by atoms with Gasteiger partial charge in [0.1, 0.15) is 12.7 Å². The van der Waals surface area contributed by atoms with Crippen molar-refractivity contribution in [3.63, 3.8) is 0 Å². The number of nitrogens with one attached hydrogen (secondary N) is 1. The number of ether oxygens (including phenoxy) is 2. The summed E-state index contributed by atoms with van der Waals surface area (Å²) >= 11 is 0. The van der Waals surface area contributed by atoms with Crippen LogP contribution in [0.5, 0.6) is 11.5 Å². The molecule has 1 unspecified atom stereocenters. The van der Waals surface area contributed by atoms with Gasteiger partial charge in [0, 0.05) is 6.20 Å². The fraction of sp³-hybridized carbons (Fsp3) is 0.200. The number of para-hydroxylation sites is 2. The molecule has 21 heavy (non-hydrogen) atoms. The summed E-state index contributed by atoms with van der Waals surface area (Å²) in [6.45, 7) is 0.656. The maximum Gasteiger partial charge on any atom is 0.252 e. The molecule has 1 aromatic carbocycles. The Hall–Kier alpha value is -2.63. The highest BCUT2D eigenvalue weighted by Gasteiger charge is 2.21. The number of halogens is 1. The van der Waals surface area contributed by atoms with E-state index in [1.807, 2.05) is 24.3 Å². The number of amides is 1. The van der Waals surface area contributed by atoms with Gasteiger partial charge in [0.25, 0.3) is 5.91 Å². The molecule has 5 nitrogen and oxygen atoms in total. The van der Waals surface area contributed by atoms with E-state index in [9.17, 15) is 9.18 Å². The fourth-order valence-electron chi connectivity index (χ4n) is 1.98. The van der Waals surface area contributed by atoms with Gasteiger partial charge >= 0.3 is 0 Å². The zero-order valence-corrected chi connectivity index (χ0v) is 11.1. The lowest BCUT2D eigenvalue weighted by Crippen LogP contribution is -2.40. The molecule has 1 aliphatic heterocycles. The number of benzene rings is 1. The zero-order chi connectivity index (χ0) is 14.7. The van der Waals surface area contributed by atoms with Crippen molar-refractivity contribution in [1.82, 2.24) is 10.3 Å². The molecule has 0 spiro atoms. The minimum Gasteiger partial charge on any atom is -0.486 e. The second-order valence-corrected chi connectivity index (χ2v) is 4.58. The van der Waals surface area contributed by atoms with Gasteiger partial charge in [0.05, 0.1) is 12.1 Å². The summed E-state index contributed by atoms with van der Waals surface area (Å²) < 4.78 is 24.0.